The predicted molar refractivity (Wildman–Crippen MR) is 134 cm³/mol. The predicted octanol–water partition coefficient (Wildman–Crippen LogP) is 7.98. The van der Waals surface area contributed by atoms with Crippen LogP contribution in [0.2, 0.25) is 0 Å². The summed E-state index contributed by atoms with van der Waals surface area (Å²) in [4.78, 5) is 0. The summed E-state index contributed by atoms with van der Waals surface area (Å²) in [6, 6.07) is 44.1. The zero-order chi connectivity index (χ0) is 21.3. The first-order valence-corrected chi connectivity index (χ1v) is 11.5. The normalized spacial score (nSPS) is 24.0. The highest BCUT2D eigenvalue weighted by atomic mass is 14.5. The van der Waals surface area contributed by atoms with Gasteiger partial charge in [0.1, 0.15) is 0 Å². The maximum absolute atomic E-state index is 2.56. The summed E-state index contributed by atoms with van der Waals surface area (Å²) in [5, 5.41) is 0. The third kappa shape index (κ3) is 3.24. The van der Waals surface area contributed by atoms with Crippen LogP contribution in [0.15, 0.2) is 133 Å². The van der Waals surface area contributed by atoms with Crippen LogP contribution >= 0.6 is 0 Å². The average molecular weight is 411 g/mol. The van der Waals surface area contributed by atoms with Crippen molar-refractivity contribution in [3.8, 4) is 0 Å². The molecule has 2 aliphatic rings. The third-order valence-electron chi connectivity index (χ3n) is 7.18. The summed E-state index contributed by atoms with van der Waals surface area (Å²) in [7, 11) is 0. The lowest BCUT2D eigenvalue weighted by atomic mass is 9.75. The summed E-state index contributed by atoms with van der Waals surface area (Å²) < 4.78 is 0. The standard InChI is InChI=1S/C32H26/c1-5-13-23(14-6-1)27-21-28(24-15-7-2-8-16-24)32-30(26-19-11-4-12-20-26)22-29(31(27)32)25-17-9-3-10-18-25/h1-22,27,30-32H/t27-,30-,31+,32-/m0/s1. The van der Waals surface area contributed by atoms with Gasteiger partial charge < -0.3 is 0 Å². The number of rotatable bonds is 4. The first kappa shape index (κ1) is 19.1. The average Bonchev–Trinajstić information content (AvgIpc) is 3.45. The molecule has 4 aromatic carbocycles. The molecule has 0 spiro atoms. The van der Waals surface area contributed by atoms with Gasteiger partial charge in [0.25, 0.3) is 0 Å². The molecule has 0 saturated heterocycles. The Labute approximate surface area is 190 Å². The fraction of sp³-hybridized carbons (Fsp3) is 0.125. The monoisotopic (exact) mass is 410 g/mol. The summed E-state index contributed by atoms with van der Waals surface area (Å²) >= 11 is 0. The number of allylic oxidation sites excluding steroid dienone is 4. The molecule has 0 aliphatic heterocycles. The fourth-order valence-corrected chi connectivity index (χ4v) is 5.83. The maximum atomic E-state index is 2.56. The van der Waals surface area contributed by atoms with Crippen LogP contribution in [-0.2, 0) is 0 Å². The first-order valence-electron chi connectivity index (χ1n) is 11.5. The molecule has 0 bridgehead atoms. The van der Waals surface area contributed by atoms with Crippen molar-refractivity contribution >= 4 is 11.1 Å². The van der Waals surface area contributed by atoms with Crippen LogP contribution in [0.3, 0.4) is 0 Å². The van der Waals surface area contributed by atoms with Gasteiger partial charge in [-0.3, -0.25) is 0 Å². The molecule has 0 unspecified atom stereocenters. The molecule has 0 fully saturated rings. The molecular weight excluding hydrogens is 384 g/mol. The highest BCUT2D eigenvalue weighted by Crippen LogP contribution is 2.61. The van der Waals surface area contributed by atoms with Gasteiger partial charge in [-0.1, -0.05) is 133 Å². The van der Waals surface area contributed by atoms with Crippen molar-refractivity contribution in [3.05, 3.63) is 156 Å². The minimum absolute atomic E-state index is 0.372. The molecule has 0 aromatic heterocycles. The first-order chi connectivity index (χ1) is 15.9. The lowest BCUT2D eigenvalue weighted by molar-refractivity contribution is 0.488. The van der Waals surface area contributed by atoms with Gasteiger partial charge in [-0.25, -0.2) is 0 Å². The van der Waals surface area contributed by atoms with Gasteiger partial charge in [-0.15, -0.1) is 0 Å². The number of hydrogen-bond donors (Lipinski definition) is 0. The van der Waals surface area contributed by atoms with Gasteiger partial charge in [0, 0.05) is 23.7 Å². The molecule has 6 rings (SSSR count). The van der Waals surface area contributed by atoms with Crippen molar-refractivity contribution < 1.29 is 0 Å². The zero-order valence-corrected chi connectivity index (χ0v) is 18.0. The molecule has 2 aliphatic carbocycles. The molecule has 4 atom stereocenters. The van der Waals surface area contributed by atoms with Gasteiger partial charge >= 0.3 is 0 Å². The van der Waals surface area contributed by atoms with Crippen LogP contribution in [0.1, 0.15) is 34.1 Å². The highest BCUT2D eigenvalue weighted by Gasteiger charge is 2.48. The molecule has 154 valence electrons. The van der Waals surface area contributed by atoms with Crippen molar-refractivity contribution in [3.63, 3.8) is 0 Å². The van der Waals surface area contributed by atoms with E-state index in [0.29, 0.717) is 23.7 Å². The Morgan fingerprint density at radius 1 is 0.344 bits per heavy atom. The summed E-state index contributed by atoms with van der Waals surface area (Å²) in [5.74, 6) is 1.61. The van der Waals surface area contributed by atoms with Gasteiger partial charge in [0.2, 0.25) is 0 Å². The smallest absolute Gasteiger partial charge is 0.00991 e. The highest BCUT2D eigenvalue weighted by molar-refractivity contribution is 5.84. The fourth-order valence-electron chi connectivity index (χ4n) is 5.83. The lowest BCUT2D eigenvalue weighted by Gasteiger charge is -2.27. The number of benzene rings is 4. The second-order valence-electron chi connectivity index (χ2n) is 8.90. The Hall–Kier alpha value is -3.64. The van der Waals surface area contributed by atoms with E-state index in [1.807, 2.05) is 0 Å². The van der Waals surface area contributed by atoms with Crippen LogP contribution in [-0.4, -0.2) is 0 Å². The molecule has 0 N–H and O–H groups in total. The largest absolute Gasteiger partial charge is 0.0722 e. The second-order valence-corrected chi connectivity index (χ2v) is 8.90. The van der Waals surface area contributed by atoms with Gasteiger partial charge in [0.05, 0.1) is 0 Å². The van der Waals surface area contributed by atoms with E-state index in [-0.39, 0.29) is 0 Å². The number of fused-ring (bicyclic) bond motifs is 1. The Balaban J connectivity index is 1.55. The van der Waals surface area contributed by atoms with Crippen molar-refractivity contribution in [1.82, 2.24) is 0 Å². The quantitative estimate of drug-likeness (QED) is 0.320. The molecule has 32 heavy (non-hydrogen) atoms. The molecule has 0 heterocycles. The van der Waals surface area contributed by atoms with Crippen LogP contribution in [0.25, 0.3) is 11.1 Å². The van der Waals surface area contributed by atoms with Crippen molar-refractivity contribution in [2.24, 2.45) is 11.8 Å². The molecule has 0 saturated carbocycles. The Morgan fingerprint density at radius 2 is 0.656 bits per heavy atom. The van der Waals surface area contributed by atoms with E-state index in [1.54, 1.807) is 0 Å². The SMILES string of the molecule is C1=C(c2ccccc2)[C@@H]2[C@@H](C(c3ccccc3)=C[C@H]2c2ccccc2)[C@@H]1c1ccccc1. The van der Waals surface area contributed by atoms with Crippen LogP contribution in [0, 0.1) is 11.8 Å². The second kappa shape index (κ2) is 8.13. The minimum Gasteiger partial charge on any atom is -0.0722 e. The van der Waals surface area contributed by atoms with Crippen LogP contribution in [0.4, 0.5) is 0 Å². The number of hydrogen-bond acceptors (Lipinski definition) is 0. The lowest BCUT2D eigenvalue weighted by Crippen LogP contribution is -2.17. The Morgan fingerprint density at radius 3 is 1.00 bits per heavy atom. The molecule has 4 aromatic rings. The molecule has 0 amide bonds. The van der Waals surface area contributed by atoms with E-state index in [1.165, 1.54) is 33.4 Å². The minimum atomic E-state index is 0.372. The van der Waals surface area contributed by atoms with Crippen molar-refractivity contribution in [2.45, 2.75) is 11.8 Å². The van der Waals surface area contributed by atoms with E-state index in [2.05, 4.69) is 133 Å². The van der Waals surface area contributed by atoms with Gasteiger partial charge in [-0.2, -0.15) is 0 Å². The summed E-state index contributed by atoms with van der Waals surface area (Å²) in [6.07, 6.45) is 5.12. The Bertz CT molecular complexity index is 1150. The van der Waals surface area contributed by atoms with Crippen LogP contribution in [0.5, 0.6) is 0 Å². The summed E-state index contributed by atoms with van der Waals surface area (Å²) in [6.45, 7) is 0. The maximum Gasteiger partial charge on any atom is 0.00991 e. The van der Waals surface area contributed by atoms with E-state index in [4.69, 9.17) is 0 Å². The molecule has 0 radical (unpaired) electrons. The summed E-state index contributed by atoms with van der Waals surface area (Å²) in [5.41, 5.74) is 8.49. The van der Waals surface area contributed by atoms with E-state index in [0.717, 1.165) is 0 Å². The van der Waals surface area contributed by atoms with Crippen molar-refractivity contribution in [2.75, 3.05) is 0 Å². The van der Waals surface area contributed by atoms with E-state index < -0.39 is 0 Å². The third-order valence-corrected chi connectivity index (χ3v) is 7.18. The van der Waals surface area contributed by atoms with Crippen molar-refractivity contribution in [1.29, 1.82) is 0 Å². The van der Waals surface area contributed by atoms with Crippen LogP contribution < -0.4 is 0 Å². The Kier molecular flexibility index (Phi) is 4.85. The topological polar surface area (TPSA) is 0 Å². The molecule has 0 nitrogen and oxygen atoms in total. The van der Waals surface area contributed by atoms with E-state index >= 15 is 0 Å². The van der Waals surface area contributed by atoms with Gasteiger partial charge in [0.15, 0.2) is 0 Å². The zero-order valence-electron chi connectivity index (χ0n) is 18.0. The van der Waals surface area contributed by atoms with Gasteiger partial charge in [-0.05, 0) is 33.4 Å². The molecule has 0 heteroatoms. The van der Waals surface area contributed by atoms with E-state index in [9.17, 15) is 0 Å². The molecular formula is C32H26.